The van der Waals surface area contributed by atoms with E-state index < -0.39 is 0 Å². The van der Waals surface area contributed by atoms with Gasteiger partial charge in [0.1, 0.15) is 0 Å². The minimum Gasteiger partial charge on any atom is -0.371 e. The first kappa shape index (κ1) is 18.1. The molecule has 1 saturated heterocycles. The van der Waals surface area contributed by atoms with Gasteiger partial charge in [-0.2, -0.15) is 0 Å². The quantitative estimate of drug-likeness (QED) is 0.614. The van der Waals surface area contributed by atoms with Crippen LogP contribution in [0.1, 0.15) is 16.9 Å². The molecule has 2 aromatic rings. The maximum atomic E-state index is 6.17. The number of benzene rings is 1. The summed E-state index contributed by atoms with van der Waals surface area (Å²) in [5.41, 5.74) is 2.54. The Bertz CT molecular complexity index is 714. The molecule has 0 radical (unpaired) electrons. The molecule has 0 bridgehead atoms. The third kappa shape index (κ3) is 4.89. The molecule has 0 saturated carbocycles. The molecule has 1 aliphatic heterocycles. The van der Waals surface area contributed by atoms with E-state index in [1.165, 1.54) is 22.5 Å². The lowest BCUT2D eigenvalue weighted by molar-refractivity contribution is 0.566. The van der Waals surface area contributed by atoms with Gasteiger partial charge < -0.3 is 15.5 Å². The van der Waals surface area contributed by atoms with Crippen LogP contribution in [0.4, 0.5) is 5.69 Å². The molecule has 3 rings (SSSR count). The largest absolute Gasteiger partial charge is 0.371 e. The number of anilines is 1. The van der Waals surface area contributed by atoms with Gasteiger partial charge in [0.05, 0.1) is 6.54 Å². The van der Waals surface area contributed by atoms with E-state index in [4.69, 9.17) is 11.6 Å². The van der Waals surface area contributed by atoms with Gasteiger partial charge in [0.2, 0.25) is 0 Å². The first-order chi connectivity index (χ1) is 12.2. The van der Waals surface area contributed by atoms with E-state index in [1.807, 2.05) is 13.1 Å². The smallest absolute Gasteiger partial charge is 0.191 e. The molecule has 1 aromatic carbocycles. The molecule has 4 nitrogen and oxygen atoms in total. The highest BCUT2D eigenvalue weighted by Gasteiger charge is 2.24. The number of guanidine groups is 1. The monoisotopic (exact) mass is 376 g/mol. The van der Waals surface area contributed by atoms with Crippen LogP contribution in [0.3, 0.4) is 0 Å². The summed E-state index contributed by atoms with van der Waals surface area (Å²) in [5.74, 6) is 1.48. The van der Waals surface area contributed by atoms with Gasteiger partial charge in [-0.1, -0.05) is 23.7 Å². The normalized spacial score (nSPS) is 17.8. The Kier molecular flexibility index (Phi) is 6.21. The van der Waals surface area contributed by atoms with Crippen molar-refractivity contribution in [3.63, 3.8) is 0 Å². The van der Waals surface area contributed by atoms with Crippen molar-refractivity contribution in [3.05, 3.63) is 51.2 Å². The standard InChI is InChI=1S/C19H25ClN4S/c1-14-5-6-16(20)10-18(14)24-8-7-15(13-24)11-22-19(21-2)23-12-17-4-3-9-25-17/h3-6,9-10,15H,7-8,11-13H2,1-2H3,(H2,21,22,23). The summed E-state index contributed by atoms with van der Waals surface area (Å²) in [4.78, 5) is 8.07. The lowest BCUT2D eigenvalue weighted by Crippen LogP contribution is -2.39. The van der Waals surface area contributed by atoms with Crippen LogP contribution in [0.25, 0.3) is 0 Å². The molecule has 0 amide bonds. The molecule has 1 fully saturated rings. The average molecular weight is 377 g/mol. The molecule has 1 aliphatic rings. The molecule has 6 heteroatoms. The van der Waals surface area contributed by atoms with Crippen LogP contribution >= 0.6 is 22.9 Å². The SMILES string of the molecule is CN=C(NCc1cccs1)NCC1CCN(c2cc(Cl)ccc2C)C1. The van der Waals surface area contributed by atoms with Crippen LogP contribution in [0, 0.1) is 12.8 Å². The second-order valence-corrected chi connectivity index (χ2v) is 7.89. The van der Waals surface area contributed by atoms with E-state index in [0.29, 0.717) is 5.92 Å². The predicted molar refractivity (Wildman–Crippen MR) is 109 cm³/mol. The number of hydrogen-bond acceptors (Lipinski definition) is 3. The van der Waals surface area contributed by atoms with E-state index in [-0.39, 0.29) is 0 Å². The van der Waals surface area contributed by atoms with E-state index in [2.05, 4.69) is 57.1 Å². The number of nitrogens with one attached hydrogen (secondary N) is 2. The summed E-state index contributed by atoms with van der Waals surface area (Å²) in [6.07, 6.45) is 1.18. The molecule has 25 heavy (non-hydrogen) atoms. The Hall–Kier alpha value is -1.72. The van der Waals surface area contributed by atoms with Crippen LogP contribution in [0.5, 0.6) is 0 Å². The number of halogens is 1. The lowest BCUT2D eigenvalue weighted by Gasteiger charge is -2.21. The molecule has 2 N–H and O–H groups in total. The molecule has 1 aromatic heterocycles. The summed E-state index contributed by atoms with van der Waals surface area (Å²) < 4.78 is 0. The van der Waals surface area contributed by atoms with Gasteiger partial charge in [0.25, 0.3) is 0 Å². The third-order valence-electron chi connectivity index (χ3n) is 4.59. The van der Waals surface area contributed by atoms with Gasteiger partial charge in [-0.15, -0.1) is 11.3 Å². The Morgan fingerprint density at radius 1 is 1.36 bits per heavy atom. The van der Waals surface area contributed by atoms with E-state index in [9.17, 15) is 0 Å². The molecule has 1 unspecified atom stereocenters. The third-order valence-corrected chi connectivity index (χ3v) is 5.70. The Morgan fingerprint density at radius 2 is 2.24 bits per heavy atom. The van der Waals surface area contributed by atoms with Gasteiger partial charge in [0.15, 0.2) is 5.96 Å². The van der Waals surface area contributed by atoms with Gasteiger partial charge in [-0.05, 0) is 48.4 Å². The van der Waals surface area contributed by atoms with Crippen molar-refractivity contribution in [2.75, 3.05) is 31.6 Å². The fraction of sp³-hybridized carbons (Fsp3) is 0.421. The topological polar surface area (TPSA) is 39.7 Å². The minimum atomic E-state index is 0.610. The molecule has 134 valence electrons. The molecular formula is C19H25ClN4S. The Balaban J connectivity index is 1.48. The summed E-state index contributed by atoms with van der Waals surface area (Å²) >= 11 is 7.92. The maximum absolute atomic E-state index is 6.17. The van der Waals surface area contributed by atoms with Crippen molar-refractivity contribution in [2.24, 2.45) is 10.9 Å². The van der Waals surface area contributed by atoms with E-state index >= 15 is 0 Å². The molecular weight excluding hydrogens is 352 g/mol. The predicted octanol–water partition coefficient (Wildman–Crippen LogP) is 3.90. The Labute approximate surface area is 158 Å². The summed E-state index contributed by atoms with van der Waals surface area (Å²) in [5, 5.41) is 9.74. The highest BCUT2D eigenvalue weighted by molar-refractivity contribution is 7.09. The van der Waals surface area contributed by atoms with Gasteiger partial charge in [0, 0.05) is 42.3 Å². The average Bonchev–Trinajstić information content (AvgIpc) is 3.29. The molecule has 2 heterocycles. The highest BCUT2D eigenvalue weighted by atomic mass is 35.5. The van der Waals surface area contributed by atoms with E-state index in [0.717, 1.165) is 37.2 Å². The highest BCUT2D eigenvalue weighted by Crippen LogP contribution is 2.29. The first-order valence-electron chi connectivity index (χ1n) is 8.63. The van der Waals surface area contributed by atoms with Crippen LogP contribution in [0.15, 0.2) is 40.7 Å². The lowest BCUT2D eigenvalue weighted by atomic mass is 10.1. The second-order valence-electron chi connectivity index (χ2n) is 6.42. The zero-order valence-corrected chi connectivity index (χ0v) is 16.3. The van der Waals surface area contributed by atoms with Crippen LogP contribution < -0.4 is 15.5 Å². The molecule has 1 atom stereocenters. The number of nitrogens with zero attached hydrogens (tertiary/aromatic N) is 2. The first-order valence-corrected chi connectivity index (χ1v) is 9.89. The van der Waals surface area contributed by atoms with Gasteiger partial charge >= 0.3 is 0 Å². The fourth-order valence-corrected chi connectivity index (χ4v) is 4.00. The Morgan fingerprint density at radius 3 is 3.00 bits per heavy atom. The summed E-state index contributed by atoms with van der Waals surface area (Å²) in [7, 11) is 1.82. The van der Waals surface area contributed by atoms with Crippen molar-refractivity contribution in [1.82, 2.24) is 10.6 Å². The number of rotatable bonds is 5. The van der Waals surface area contributed by atoms with Crippen molar-refractivity contribution in [1.29, 1.82) is 0 Å². The zero-order valence-electron chi connectivity index (χ0n) is 14.8. The zero-order chi connectivity index (χ0) is 17.6. The number of aryl methyl sites for hydroxylation is 1. The molecule has 0 spiro atoms. The van der Waals surface area contributed by atoms with Crippen LogP contribution in [-0.4, -0.2) is 32.6 Å². The second kappa shape index (κ2) is 8.59. The summed E-state index contributed by atoms with van der Waals surface area (Å²) in [6, 6.07) is 10.3. The van der Waals surface area contributed by atoms with Crippen molar-refractivity contribution in [3.8, 4) is 0 Å². The van der Waals surface area contributed by atoms with Gasteiger partial charge in [-0.25, -0.2) is 0 Å². The van der Waals surface area contributed by atoms with Crippen LogP contribution in [-0.2, 0) is 6.54 Å². The number of hydrogen-bond donors (Lipinski definition) is 2. The molecule has 0 aliphatic carbocycles. The number of thiophene rings is 1. The minimum absolute atomic E-state index is 0.610. The van der Waals surface area contributed by atoms with E-state index in [1.54, 1.807) is 11.3 Å². The van der Waals surface area contributed by atoms with Crippen LogP contribution in [0.2, 0.25) is 5.02 Å². The summed E-state index contributed by atoms with van der Waals surface area (Å²) in [6.45, 7) is 6.02. The maximum Gasteiger partial charge on any atom is 0.191 e. The van der Waals surface area contributed by atoms with Gasteiger partial charge in [-0.3, -0.25) is 4.99 Å². The van der Waals surface area contributed by atoms with Crippen molar-refractivity contribution < 1.29 is 0 Å². The van der Waals surface area contributed by atoms with Crippen molar-refractivity contribution in [2.45, 2.75) is 19.9 Å². The fourth-order valence-electron chi connectivity index (χ4n) is 3.19. The van der Waals surface area contributed by atoms with Crippen molar-refractivity contribution >= 4 is 34.6 Å². The number of aliphatic imine (C=N–C) groups is 1.